The number of nitrogens with one attached hydrogen (secondary N) is 1. The number of ether oxygens (including phenoxy) is 3. The third-order valence-corrected chi connectivity index (χ3v) is 6.83. The Hall–Kier alpha value is -3.54. The van der Waals surface area contributed by atoms with Crippen LogP contribution >= 0.6 is 0 Å². The van der Waals surface area contributed by atoms with Gasteiger partial charge in [-0.05, 0) is 51.4 Å². The predicted octanol–water partition coefficient (Wildman–Crippen LogP) is 7.97. The number of nitrogens with zero attached hydrogens (tertiary/aromatic N) is 4. The van der Waals surface area contributed by atoms with Gasteiger partial charge < -0.3 is 29.3 Å². The highest BCUT2D eigenvalue weighted by Gasteiger charge is 2.17. The molecule has 1 fully saturated rings. The molecule has 1 aromatic heterocycles. The highest BCUT2D eigenvalue weighted by molar-refractivity contribution is 5.98. The highest BCUT2D eigenvalue weighted by Crippen LogP contribution is 2.38. The van der Waals surface area contributed by atoms with Crippen molar-refractivity contribution in [2.45, 2.75) is 68.7 Å². The second kappa shape index (κ2) is 19.6. The van der Waals surface area contributed by atoms with Crippen LogP contribution in [-0.2, 0) is 0 Å². The van der Waals surface area contributed by atoms with Gasteiger partial charge in [-0.1, -0.05) is 47.6 Å². The van der Waals surface area contributed by atoms with E-state index in [0.29, 0.717) is 36.0 Å². The summed E-state index contributed by atoms with van der Waals surface area (Å²) in [7, 11) is 3.80. The Morgan fingerprint density at radius 2 is 1.60 bits per heavy atom. The number of aromatic nitrogens is 1. The molecular formula is C35H55N5O3. The van der Waals surface area contributed by atoms with Gasteiger partial charge in [0.25, 0.3) is 0 Å². The lowest BCUT2D eigenvalue weighted by Gasteiger charge is -2.32. The largest absolute Gasteiger partial charge is 0.494 e. The molecule has 0 radical (unpaired) electrons. The summed E-state index contributed by atoms with van der Waals surface area (Å²) in [4.78, 5) is 9.39. The van der Waals surface area contributed by atoms with Crippen molar-refractivity contribution < 1.29 is 14.2 Å². The fraction of sp³-hybridized carbons (Fsp3) is 0.543. The van der Waals surface area contributed by atoms with Crippen LogP contribution in [0.25, 0.3) is 10.9 Å². The molecule has 0 amide bonds. The average Bonchev–Trinajstić information content (AvgIpc) is 2.99. The van der Waals surface area contributed by atoms with Gasteiger partial charge in [-0.15, -0.1) is 0 Å². The number of piperazine rings is 1. The van der Waals surface area contributed by atoms with Gasteiger partial charge in [-0.3, -0.25) is 4.98 Å². The van der Waals surface area contributed by atoms with Crippen molar-refractivity contribution in [3.63, 3.8) is 0 Å². The Morgan fingerprint density at radius 1 is 0.930 bits per heavy atom. The zero-order valence-electron chi connectivity index (χ0n) is 27.3. The summed E-state index contributed by atoms with van der Waals surface area (Å²) >= 11 is 0. The molecule has 1 N–H and O–H groups in total. The molecule has 4 rings (SSSR count). The number of likely N-dealkylation sites (N-methyl/N-ethyl adjacent to an activating group) is 1. The standard InChI is InChI=1S/C29H37N5O3.C3H8.C2H6.CH4/c1-6-36-26-16-24(20(2)14-21(26)3)32-29-22(18-30)19-31-25-17-28(27(35-5)15-23(25)29)37-13-7-8-34-11-9-33(4)10-12-34;1-3-2;1-2;/h14-17,19H,6-13H2,1-5H3,(H,31,32);3H2,1-2H3;1-2H3;1H4. The maximum absolute atomic E-state index is 9.84. The smallest absolute Gasteiger partial charge is 0.163 e. The molecule has 0 bridgehead atoms. The summed E-state index contributed by atoms with van der Waals surface area (Å²) in [5.41, 5.74) is 4.87. The Balaban J connectivity index is 0.00000145. The first kappa shape index (κ1) is 37.5. The van der Waals surface area contributed by atoms with Crippen LogP contribution in [0, 0.1) is 25.2 Å². The van der Waals surface area contributed by atoms with Crippen molar-refractivity contribution in [2.24, 2.45) is 0 Å². The maximum atomic E-state index is 9.84. The van der Waals surface area contributed by atoms with Crippen molar-refractivity contribution in [3.8, 4) is 23.3 Å². The lowest BCUT2D eigenvalue weighted by atomic mass is 10.1. The van der Waals surface area contributed by atoms with E-state index < -0.39 is 0 Å². The zero-order chi connectivity index (χ0) is 31.1. The first-order valence-corrected chi connectivity index (χ1v) is 15.3. The van der Waals surface area contributed by atoms with Gasteiger partial charge in [-0.2, -0.15) is 5.26 Å². The normalized spacial score (nSPS) is 12.9. The molecule has 0 spiro atoms. The highest BCUT2D eigenvalue weighted by atomic mass is 16.5. The van der Waals surface area contributed by atoms with Gasteiger partial charge in [-0.25, -0.2) is 0 Å². The molecule has 0 atom stereocenters. The Bertz CT molecular complexity index is 1300. The van der Waals surface area contributed by atoms with E-state index in [9.17, 15) is 5.26 Å². The van der Waals surface area contributed by atoms with E-state index in [0.717, 1.165) is 72.6 Å². The average molecular weight is 594 g/mol. The Labute approximate surface area is 261 Å². The second-order valence-electron chi connectivity index (χ2n) is 10.2. The fourth-order valence-corrected chi connectivity index (χ4v) is 4.65. The number of pyridine rings is 1. The van der Waals surface area contributed by atoms with Crippen molar-refractivity contribution in [1.29, 1.82) is 5.26 Å². The van der Waals surface area contributed by atoms with Crippen molar-refractivity contribution in [3.05, 3.63) is 47.2 Å². The van der Waals surface area contributed by atoms with Gasteiger partial charge >= 0.3 is 0 Å². The van der Waals surface area contributed by atoms with Crippen molar-refractivity contribution in [2.75, 3.05) is 65.4 Å². The van der Waals surface area contributed by atoms with Crippen LogP contribution in [0.15, 0.2) is 30.5 Å². The summed E-state index contributed by atoms with van der Waals surface area (Å²) in [5.74, 6) is 2.08. The number of aryl methyl sites for hydroxylation is 2. The van der Waals surface area contributed by atoms with Crippen LogP contribution in [-0.4, -0.2) is 74.9 Å². The van der Waals surface area contributed by atoms with E-state index in [1.54, 1.807) is 13.3 Å². The minimum atomic E-state index is 0. The SMILES string of the molecule is C.CC.CCC.CCOc1cc(Nc2c(C#N)cnc3cc(OCCCN4CCN(C)CC4)c(OC)cc23)c(C)cc1C. The molecule has 1 aliphatic rings. The van der Waals surface area contributed by atoms with Crippen LogP contribution in [0.4, 0.5) is 11.4 Å². The molecule has 0 saturated carbocycles. The van der Waals surface area contributed by atoms with Crippen LogP contribution in [0.5, 0.6) is 17.2 Å². The Morgan fingerprint density at radius 3 is 2.21 bits per heavy atom. The number of fused-ring (bicyclic) bond motifs is 1. The summed E-state index contributed by atoms with van der Waals surface area (Å²) in [5, 5.41) is 14.1. The summed E-state index contributed by atoms with van der Waals surface area (Å²) in [6.45, 7) is 20.9. The van der Waals surface area contributed by atoms with Gasteiger partial charge in [0.2, 0.25) is 0 Å². The maximum Gasteiger partial charge on any atom is 0.163 e. The molecule has 1 aliphatic heterocycles. The number of anilines is 2. The number of nitriles is 1. The quantitative estimate of drug-likeness (QED) is 0.237. The van der Waals surface area contributed by atoms with Crippen molar-refractivity contribution >= 4 is 22.3 Å². The molecule has 0 aliphatic carbocycles. The van der Waals surface area contributed by atoms with E-state index in [-0.39, 0.29) is 7.43 Å². The molecule has 8 heteroatoms. The minimum absolute atomic E-state index is 0. The predicted molar refractivity (Wildman–Crippen MR) is 181 cm³/mol. The van der Waals surface area contributed by atoms with Gasteiger partial charge in [0, 0.05) is 62.1 Å². The third-order valence-electron chi connectivity index (χ3n) is 6.83. The fourth-order valence-electron chi connectivity index (χ4n) is 4.65. The number of benzene rings is 2. The van der Waals surface area contributed by atoms with Crippen LogP contribution in [0.3, 0.4) is 0 Å². The molecule has 3 aromatic rings. The van der Waals surface area contributed by atoms with Gasteiger partial charge in [0.15, 0.2) is 11.5 Å². The Kier molecular flexibility index (Phi) is 17.1. The summed E-state index contributed by atoms with van der Waals surface area (Å²) in [6.07, 6.45) is 3.79. The minimum Gasteiger partial charge on any atom is -0.494 e. The van der Waals surface area contributed by atoms with Crippen LogP contribution in [0.1, 0.15) is 71.6 Å². The topological polar surface area (TPSA) is 82.9 Å². The monoisotopic (exact) mass is 593 g/mol. The molecule has 2 aromatic carbocycles. The van der Waals surface area contributed by atoms with E-state index in [1.165, 1.54) is 6.42 Å². The van der Waals surface area contributed by atoms with Gasteiger partial charge in [0.05, 0.1) is 37.1 Å². The molecule has 2 heterocycles. The summed E-state index contributed by atoms with van der Waals surface area (Å²) in [6, 6.07) is 10.1. The van der Waals surface area contributed by atoms with Crippen molar-refractivity contribution in [1.82, 2.24) is 14.8 Å². The zero-order valence-corrected chi connectivity index (χ0v) is 27.3. The summed E-state index contributed by atoms with van der Waals surface area (Å²) < 4.78 is 17.6. The van der Waals surface area contributed by atoms with Gasteiger partial charge in [0.1, 0.15) is 11.8 Å². The number of hydrogen-bond donors (Lipinski definition) is 1. The third kappa shape index (κ3) is 10.6. The molecule has 238 valence electrons. The van der Waals surface area contributed by atoms with E-state index in [1.807, 2.05) is 52.8 Å². The first-order valence-electron chi connectivity index (χ1n) is 15.3. The van der Waals surface area contributed by atoms with E-state index in [4.69, 9.17) is 14.2 Å². The molecule has 43 heavy (non-hydrogen) atoms. The van der Waals surface area contributed by atoms with Crippen LogP contribution < -0.4 is 19.5 Å². The second-order valence-corrected chi connectivity index (χ2v) is 10.2. The number of hydrogen-bond acceptors (Lipinski definition) is 8. The molecule has 1 saturated heterocycles. The lowest BCUT2D eigenvalue weighted by molar-refractivity contribution is 0.145. The van der Waals surface area contributed by atoms with Crippen LogP contribution in [0.2, 0.25) is 0 Å². The molecule has 0 unspecified atom stereocenters. The molecular weight excluding hydrogens is 538 g/mol. The lowest BCUT2D eigenvalue weighted by Crippen LogP contribution is -2.44. The number of rotatable bonds is 10. The molecule has 8 nitrogen and oxygen atoms in total. The van der Waals surface area contributed by atoms with E-state index >= 15 is 0 Å². The van der Waals surface area contributed by atoms with E-state index in [2.05, 4.69) is 53.1 Å². The first-order chi connectivity index (χ1) is 20.3. The number of methoxy groups -OCH3 is 1.